The van der Waals surface area contributed by atoms with E-state index >= 15 is 0 Å². The first-order chi connectivity index (χ1) is 15.3. The summed E-state index contributed by atoms with van der Waals surface area (Å²) in [6, 6.07) is 13.0. The van der Waals surface area contributed by atoms with E-state index < -0.39 is 21.7 Å². The Hall–Kier alpha value is -2.32. The number of hydrogen-bond acceptors (Lipinski definition) is 3. The minimum Gasteiger partial charge on any atom is -0.342 e. The van der Waals surface area contributed by atoms with Crippen LogP contribution in [0, 0.1) is 23.5 Å². The first-order valence-electron chi connectivity index (χ1n) is 11.1. The second-order valence-electron chi connectivity index (χ2n) is 8.71. The van der Waals surface area contributed by atoms with Gasteiger partial charge in [-0.3, -0.25) is 4.79 Å². The van der Waals surface area contributed by atoms with Crippen LogP contribution in [0.15, 0.2) is 53.4 Å². The molecule has 1 amide bonds. The monoisotopic (exact) mass is 462 g/mol. The van der Waals surface area contributed by atoms with Crippen LogP contribution in [0.3, 0.4) is 0 Å². The zero-order valence-electron chi connectivity index (χ0n) is 17.9. The summed E-state index contributed by atoms with van der Waals surface area (Å²) in [7, 11) is -3.91. The molecule has 5 nitrogen and oxygen atoms in total. The van der Waals surface area contributed by atoms with E-state index in [1.54, 1.807) is 0 Å². The Kier molecular flexibility index (Phi) is 6.90. The molecule has 0 unspecified atom stereocenters. The number of benzene rings is 2. The summed E-state index contributed by atoms with van der Waals surface area (Å²) in [6.07, 6.45) is 3.86. The lowest BCUT2D eigenvalue weighted by Crippen LogP contribution is -2.46. The molecule has 0 N–H and O–H groups in total. The van der Waals surface area contributed by atoms with Crippen LogP contribution < -0.4 is 0 Å². The first kappa shape index (κ1) is 22.9. The molecule has 2 aromatic carbocycles. The number of amides is 1. The Balaban J connectivity index is 1.29. The molecule has 2 aromatic rings. The summed E-state index contributed by atoms with van der Waals surface area (Å²) in [5.74, 6) is -1.79. The number of likely N-dealkylation sites (tertiary alicyclic amines) is 1. The van der Waals surface area contributed by atoms with Gasteiger partial charge in [0.2, 0.25) is 15.9 Å². The summed E-state index contributed by atoms with van der Waals surface area (Å²) in [6.45, 7) is 1.87. The second-order valence-corrected chi connectivity index (χ2v) is 10.7. The quantitative estimate of drug-likeness (QED) is 0.678. The lowest BCUT2D eigenvalue weighted by Gasteiger charge is -2.37. The van der Waals surface area contributed by atoms with Crippen molar-refractivity contribution in [1.29, 1.82) is 0 Å². The Morgan fingerprint density at radius 2 is 1.53 bits per heavy atom. The van der Waals surface area contributed by atoms with Crippen LogP contribution in [0.5, 0.6) is 0 Å². The van der Waals surface area contributed by atoms with Gasteiger partial charge in [0, 0.05) is 32.1 Å². The van der Waals surface area contributed by atoms with E-state index in [1.165, 1.54) is 9.87 Å². The fourth-order valence-corrected chi connectivity index (χ4v) is 6.17. The highest BCUT2D eigenvalue weighted by atomic mass is 32.2. The number of rotatable bonds is 5. The van der Waals surface area contributed by atoms with Crippen molar-refractivity contribution in [3.05, 3.63) is 65.7 Å². The van der Waals surface area contributed by atoms with Gasteiger partial charge in [-0.2, -0.15) is 4.31 Å². The van der Waals surface area contributed by atoms with Crippen LogP contribution >= 0.6 is 0 Å². The number of halogens is 2. The third kappa shape index (κ3) is 5.02. The Labute approximate surface area is 188 Å². The predicted octanol–water partition coefficient (Wildman–Crippen LogP) is 3.85. The van der Waals surface area contributed by atoms with Gasteiger partial charge in [0.15, 0.2) is 11.6 Å². The van der Waals surface area contributed by atoms with Gasteiger partial charge in [0.05, 0.1) is 4.90 Å². The number of nitrogens with zero attached hydrogens (tertiary/aromatic N) is 2. The maximum absolute atomic E-state index is 13.5. The summed E-state index contributed by atoms with van der Waals surface area (Å²) >= 11 is 0. The number of sulfonamides is 1. The topological polar surface area (TPSA) is 57.7 Å². The van der Waals surface area contributed by atoms with E-state index in [2.05, 4.69) is 12.1 Å². The van der Waals surface area contributed by atoms with E-state index in [0.717, 1.165) is 44.5 Å². The third-order valence-corrected chi connectivity index (χ3v) is 8.52. The van der Waals surface area contributed by atoms with E-state index in [0.29, 0.717) is 24.8 Å². The van der Waals surface area contributed by atoms with E-state index in [-0.39, 0.29) is 29.8 Å². The van der Waals surface area contributed by atoms with Crippen molar-refractivity contribution in [3.8, 4) is 0 Å². The molecule has 0 saturated carbocycles. The van der Waals surface area contributed by atoms with E-state index in [4.69, 9.17) is 0 Å². The van der Waals surface area contributed by atoms with Gasteiger partial charge in [0.25, 0.3) is 0 Å². The zero-order chi connectivity index (χ0) is 22.7. The Morgan fingerprint density at radius 3 is 2.16 bits per heavy atom. The summed E-state index contributed by atoms with van der Waals surface area (Å²) in [4.78, 5) is 14.7. The number of carbonyl (C=O) groups is 1. The van der Waals surface area contributed by atoms with E-state index in [1.807, 2.05) is 23.1 Å². The minimum absolute atomic E-state index is 0.105. The average molecular weight is 463 g/mol. The maximum Gasteiger partial charge on any atom is 0.243 e. The largest absolute Gasteiger partial charge is 0.342 e. The molecule has 0 spiro atoms. The molecule has 32 heavy (non-hydrogen) atoms. The van der Waals surface area contributed by atoms with Gasteiger partial charge in [-0.15, -0.1) is 0 Å². The van der Waals surface area contributed by atoms with Crippen LogP contribution in [-0.4, -0.2) is 49.7 Å². The molecule has 2 saturated heterocycles. The molecular weight excluding hydrogens is 434 g/mol. The predicted molar refractivity (Wildman–Crippen MR) is 117 cm³/mol. The lowest BCUT2D eigenvalue weighted by atomic mass is 9.89. The van der Waals surface area contributed by atoms with Crippen molar-refractivity contribution in [2.24, 2.45) is 11.8 Å². The minimum atomic E-state index is -3.91. The fraction of sp³-hybridized carbons (Fsp3) is 0.458. The molecule has 0 radical (unpaired) electrons. The fourth-order valence-electron chi connectivity index (χ4n) is 4.69. The van der Waals surface area contributed by atoms with Gasteiger partial charge in [-0.05, 0) is 61.8 Å². The maximum atomic E-state index is 13.5. The molecule has 2 aliphatic heterocycles. The summed E-state index contributed by atoms with van der Waals surface area (Å²) in [5.41, 5.74) is 1.33. The average Bonchev–Trinajstić information content (AvgIpc) is 2.81. The van der Waals surface area contributed by atoms with Gasteiger partial charge in [-0.25, -0.2) is 17.2 Å². The van der Waals surface area contributed by atoms with E-state index in [9.17, 15) is 22.0 Å². The summed E-state index contributed by atoms with van der Waals surface area (Å²) in [5, 5.41) is 0. The van der Waals surface area contributed by atoms with Crippen LogP contribution in [0.2, 0.25) is 0 Å². The van der Waals surface area contributed by atoms with Crippen molar-refractivity contribution < 1.29 is 22.0 Å². The molecule has 4 rings (SSSR count). The van der Waals surface area contributed by atoms with Crippen molar-refractivity contribution in [1.82, 2.24) is 9.21 Å². The number of carbonyl (C=O) groups excluding carboxylic acids is 1. The van der Waals surface area contributed by atoms with Gasteiger partial charge in [0.1, 0.15) is 0 Å². The van der Waals surface area contributed by atoms with Crippen molar-refractivity contribution in [2.45, 2.75) is 37.0 Å². The Morgan fingerprint density at radius 1 is 0.875 bits per heavy atom. The molecule has 0 bridgehead atoms. The molecular formula is C24H28F2N2O3S. The van der Waals surface area contributed by atoms with Crippen molar-refractivity contribution in [3.63, 3.8) is 0 Å². The smallest absolute Gasteiger partial charge is 0.243 e. The number of piperidine rings is 2. The third-order valence-electron chi connectivity index (χ3n) is 6.63. The highest BCUT2D eigenvalue weighted by molar-refractivity contribution is 7.89. The molecule has 2 aliphatic rings. The molecule has 0 atom stereocenters. The van der Waals surface area contributed by atoms with Gasteiger partial charge < -0.3 is 4.90 Å². The second kappa shape index (κ2) is 9.67. The molecule has 172 valence electrons. The molecule has 0 aliphatic carbocycles. The standard InChI is InChI=1S/C24H28F2N2O3S/c25-22-7-6-21(17-23(22)26)32(30,31)28-14-10-20(11-15-28)24(29)27-12-8-19(9-13-27)16-18-4-2-1-3-5-18/h1-7,17,19-20H,8-16H2. The summed E-state index contributed by atoms with van der Waals surface area (Å²) < 4.78 is 53.4. The highest BCUT2D eigenvalue weighted by Crippen LogP contribution is 2.28. The molecule has 8 heteroatoms. The Bertz CT molecular complexity index is 1050. The highest BCUT2D eigenvalue weighted by Gasteiger charge is 2.35. The number of hydrogen-bond donors (Lipinski definition) is 0. The van der Waals surface area contributed by atoms with Gasteiger partial charge in [-0.1, -0.05) is 30.3 Å². The van der Waals surface area contributed by atoms with Crippen LogP contribution in [0.25, 0.3) is 0 Å². The lowest BCUT2D eigenvalue weighted by molar-refractivity contribution is -0.138. The van der Waals surface area contributed by atoms with Crippen LogP contribution in [0.1, 0.15) is 31.2 Å². The normalized spacial score (nSPS) is 19.2. The van der Waals surface area contributed by atoms with Crippen LogP contribution in [-0.2, 0) is 21.2 Å². The first-order valence-corrected chi connectivity index (χ1v) is 12.6. The van der Waals surface area contributed by atoms with Gasteiger partial charge >= 0.3 is 0 Å². The van der Waals surface area contributed by atoms with Crippen molar-refractivity contribution in [2.75, 3.05) is 26.2 Å². The SMILES string of the molecule is O=C(C1CCN(S(=O)(=O)c2ccc(F)c(F)c2)CC1)N1CCC(Cc2ccccc2)CC1. The molecule has 0 aromatic heterocycles. The van der Waals surface area contributed by atoms with Crippen molar-refractivity contribution >= 4 is 15.9 Å². The zero-order valence-corrected chi connectivity index (χ0v) is 18.7. The van der Waals surface area contributed by atoms with Crippen LogP contribution in [0.4, 0.5) is 8.78 Å². The molecule has 2 heterocycles. The molecule has 2 fully saturated rings.